The van der Waals surface area contributed by atoms with Gasteiger partial charge >= 0.3 is 0 Å². The van der Waals surface area contributed by atoms with Crippen molar-refractivity contribution in [3.05, 3.63) is 58.1 Å². The van der Waals surface area contributed by atoms with E-state index >= 15 is 0 Å². The lowest BCUT2D eigenvalue weighted by atomic mass is 10.1. The second-order valence-electron chi connectivity index (χ2n) is 6.62. The lowest BCUT2D eigenvalue weighted by Gasteiger charge is -2.11. The number of carbonyl (C=O) groups excluding carboxylic acids is 1. The van der Waals surface area contributed by atoms with Crippen LogP contribution in [0.2, 0.25) is 5.02 Å². The molecule has 0 bridgehead atoms. The Morgan fingerprint density at radius 2 is 1.82 bits per heavy atom. The van der Waals surface area contributed by atoms with E-state index in [-0.39, 0.29) is 11.7 Å². The van der Waals surface area contributed by atoms with Gasteiger partial charge in [-0.1, -0.05) is 53.7 Å². The molecule has 0 aliphatic heterocycles. The minimum Gasteiger partial charge on any atom is -0.325 e. The lowest BCUT2D eigenvalue weighted by molar-refractivity contribution is -0.113. The number of amides is 1. The molecule has 0 atom stereocenters. The summed E-state index contributed by atoms with van der Waals surface area (Å²) in [7, 11) is 0. The molecular formula is C21H23ClN4OS. The summed E-state index contributed by atoms with van der Waals surface area (Å²) in [5, 5.41) is 13.0. The van der Waals surface area contributed by atoms with Crippen LogP contribution in [0, 0.1) is 20.8 Å². The monoisotopic (exact) mass is 414 g/mol. The average Bonchev–Trinajstić information content (AvgIpc) is 3.08. The Balaban J connectivity index is 1.73. The third kappa shape index (κ3) is 4.39. The number of nitrogens with one attached hydrogen (secondary N) is 1. The van der Waals surface area contributed by atoms with Crippen molar-refractivity contribution in [1.82, 2.24) is 14.8 Å². The van der Waals surface area contributed by atoms with Crippen LogP contribution in [0.1, 0.15) is 23.6 Å². The van der Waals surface area contributed by atoms with Gasteiger partial charge in [-0.25, -0.2) is 0 Å². The molecule has 1 heterocycles. The van der Waals surface area contributed by atoms with E-state index in [1.165, 1.54) is 11.8 Å². The molecule has 3 aromatic rings. The molecule has 0 spiro atoms. The predicted molar refractivity (Wildman–Crippen MR) is 116 cm³/mol. The quantitative estimate of drug-likeness (QED) is 0.558. The molecule has 0 saturated heterocycles. The van der Waals surface area contributed by atoms with Crippen molar-refractivity contribution in [2.24, 2.45) is 0 Å². The first-order chi connectivity index (χ1) is 13.4. The van der Waals surface area contributed by atoms with Crippen molar-refractivity contribution in [2.75, 3.05) is 11.1 Å². The fraction of sp³-hybridized carbons (Fsp3) is 0.286. The minimum absolute atomic E-state index is 0.0621. The van der Waals surface area contributed by atoms with Gasteiger partial charge in [-0.05, 0) is 50.5 Å². The van der Waals surface area contributed by atoms with Crippen LogP contribution >= 0.6 is 23.4 Å². The molecule has 2 aromatic carbocycles. The van der Waals surface area contributed by atoms with E-state index in [0.29, 0.717) is 16.7 Å². The van der Waals surface area contributed by atoms with Crippen molar-refractivity contribution in [3.8, 4) is 11.4 Å². The Morgan fingerprint density at radius 3 is 2.46 bits per heavy atom. The molecule has 1 aromatic heterocycles. The van der Waals surface area contributed by atoms with Crippen LogP contribution in [-0.4, -0.2) is 26.4 Å². The van der Waals surface area contributed by atoms with Gasteiger partial charge in [0.1, 0.15) is 0 Å². The molecule has 3 rings (SSSR count). The molecule has 0 saturated carbocycles. The fourth-order valence-corrected chi connectivity index (χ4v) is 3.93. The third-order valence-electron chi connectivity index (χ3n) is 4.54. The molecule has 7 heteroatoms. The molecule has 0 unspecified atom stereocenters. The number of anilines is 1. The molecule has 0 aliphatic rings. The van der Waals surface area contributed by atoms with Crippen LogP contribution in [0.4, 0.5) is 5.69 Å². The van der Waals surface area contributed by atoms with E-state index < -0.39 is 0 Å². The second kappa shape index (κ2) is 8.80. The van der Waals surface area contributed by atoms with Crippen LogP contribution in [0.5, 0.6) is 0 Å². The van der Waals surface area contributed by atoms with Crippen molar-refractivity contribution in [2.45, 2.75) is 39.4 Å². The van der Waals surface area contributed by atoms with Gasteiger partial charge in [0, 0.05) is 22.8 Å². The average molecular weight is 415 g/mol. The Labute approximate surface area is 174 Å². The highest BCUT2D eigenvalue weighted by molar-refractivity contribution is 7.99. The highest BCUT2D eigenvalue weighted by Crippen LogP contribution is 2.27. The summed E-state index contributed by atoms with van der Waals surface area (Å²) in [6.07, 6.45) is 0. The maximum absolute atomic E-state index is 12.4. The Bertz CT molecular complexity index is 995. The highest BCUT2D eigenvalue weighted by Gasteiger charge is 2.16. The van der Waals surface area contributed by atoms with Crippen molar-refractivity contribution in [1.29, 1.82) is 0 Å². The lowest BCUT2D eigenvalue weighted by Crippen LogP contribution is -2.16. The number of para-hydroxylation sites is 1. The van der Waals surface area contributed by atoms with Crippen LogP contribution < -0.4 is 5.32 Å². The van der Waals surface area contributed by atoms with Crippen molar-refractivity contribution < 1.29 is 4.79 Å². The number of rotatable bonds is 6. The Hall–Kier alpha value is -2.31. The molecule has 28 heavy (non-hydrogen) atoms. The number of hydrogen-bond acceptors (Lipinski definition) is 4. The Kier molecular flexibility index (Phi) is 6.42. The summed E-state index contributed by atoms with van der Waals surface area (Å²) in [4.78, 5) is 12.4. The van der Waals surface area contributed by atoms with Gasteiger partial charge in [-0.2, -0.15) is 0 Å². The molecule has 1 N–H and O–H groups in total. The summed E-state index contributed by atoms with van der Waals surface area (Å²) in [6, 6.07) is 11.8. The first kappa shape index (κ1) is 20.4. The van der Waals surface area contributed by atoms with Gasteiger partial charge in [0.2, 0.25) is 5.91 Å². The smallest absolute Gasteiger partial charge is 0.234 e. The molecule has 1 amide bonds. The molecular weight excluding hydrogens is 392 g/mol. The summed E-state index contributed by atoms with van der Waals surface area (Å²) in [6.45, 7) is 8.68. The number of nitrogens with zero attached hydrogens (tertiary/aromatic N) is 3. The number of benzene rings is 2. The van der Waals surface area contributed by atoms with Crippen LogP contribution in [0.15, 0.2) is 41.6 Å². The maximum Gasteiger partial charge on any atom is 0.234 e. The summed E-state index contributed by atoms with van der Waals surface area (Å²) in [5.41, 5.74) is 4.91. The molecule has 146 valence electrons. The highest BCUT2D eigenvalue weighted by atomic mass is 35.5. The standard InChI is InChI=1S/C21H23ClN4OS/c1-5-26-20(16-10-9-13(2)17(22)11-16)24-25-21(26)28-12-18(27)23-19-14(3)7-6-8-15(19)4/h6-11H,5,12H2,1-4H3,(H,23,27). The van der Waals surface area contributed by atoms with Crippen LogP contribution in [0.25, 0.3) is 11.4 Å². The number of hydrogen-bond donors (Lipinski definition) is 1. The fourth-order valence-electron chi connectivity index (χ4n) is 2.94. The zero-order valence-electron chi connectivity index (χ0n) is 16.4. The van der Waals surface area contributed by atoms with Crippen LogP contribution in [-0.2, 0) is 11.3 Å². The largest absolute Gasteiger partial charge is 0.325 e. The van der Waals surface area contributed by atoms with Gasteiger partial charge in [0.15, 0.2) is 11.0 Å². The van der Waals surface area contributed by atoms with Gasteiger partial charge in [0.25, 0.3) is 0 Å². The van der Waals surface area contributed by atoms with Crippen molar-refractivity contribution >= 4 is 35.0 Å². The normalized spacial score (nSPS) is 10.9. The summed E-state index contributed by atoms with van der Waals surface area (Å²) >= 11 is 7.63. The zero-order chi connectivity index (χ0) is 20.3. The van der Waals surface area contributed by atoms with E-state index in [2.05, 4.69) is 15.5 Å². The SMILES string of the molecule is CCn1c(SCC(=O)Nc2c(C)cccc2C)nnc1-c1ccc(C)c(Cl)c1. The molecule has 0 fully saturated rings. The van der Waals surface area contributed by atoms with Gasteiger partial charge in [-0.3, -0.25) is 4.79 Å². The number of halogens is 1. The van der Waals surface area contributed by atoms with Gasteiger partial charge in [-0.15, -0.1) is 10.2 Å². The van der Waals surface area contributed by atoms with Crippen LogP contribution in [0.3, 0.4) is 0 Å². The van der Waals surface area contributed by atoms with E-state index in [0.717, 1.165) is 33.8 Å². The third-order valence-corrected chi connectivity index (χ3v) is 5.91. The molecule has 0 radical (unpaired) electrons. The zero-order valence-corrected chi connectivity index (χ0v) is 18.0. The molecule has 5 nitrogen and oxygen atoms in total. The topological polar surface area (TPSA) is 59.8 Å². The number of aryl methyl sites for hydroxylation is 3. The van der Waals surface area contributed by atoms with Gasteiger partial charge in [0.05, 0.1) is 5.75 Å². The minimum atomic E-state index is -0.0621. The second-order valence-corrected chi connectivity index (χ2v) is 7.97. The first-order valence-corrected chi connectivity index (χ1v) is 10.5. The van der Waals surface area contributed by atoms with E-state index in [4.69, 9.17) is 11.6 Å². The Morgan fingerprint density at radius 1 is 1.11 bits per heavy atom. The van der Waals surface area contributed by atoms with E-state index in [1.807, 2.05) is 68.7 Å². The first-order valence-electron chi connectivity index (χ1n) is 9.09. The predicted octanol–water partition coefficient (Wildman–Crippen LogP) is 5.27. The van der Waals surface area contributed by atoms with Crippen molar-refractivity contribution in [3.63, 3.8) is 0 Å². The summed E-state index contributed by atoms with van der Waals surface area (Å²) in [5.74, 6) is 0.954. The maximum atomic E-state index is 12.4. The number of aromatic nitrogens is 3. The van der Waals surface area contributed by atoms with E-state index in [9.17, 15) is 4.79 Å². The number of thioether (sulfide) groups is 1. The van der Waals surface area contributed by atoms with E-state index in [1.54, 1.807) is 0 Å². The van der Waals surface area contributed by atoms with Gasteiger partial charge < -0.3 is 9.88 Å². The molecule has 0 aliphatic carbocycles. The number of carbonyl (C=O) groups is 1. The summed E-state index contributed by atoms with van der Waals surface area (Å²) < 4.78 is 2.00.